The summed E-state index contributed by atoms with van der Waals surface area (Å²) in [5, 5.41) is 11.7. The summed E-state index contributed by atoms with van der Waals surface area (Å²) in [5.74, 6) is 13.5. The summed E-state index contributed by atoms with van der Waals surface area (Å²) >= 11 is 8.91. The second-order valence-electron chi connectivity index (χ2n) is 10.7. The van der Waals surface area contributed by atoms with Crippen molar-refractivity contribution in [3.05, 3.63) is 117 Å². The molecule has 0 spiro atoms. The van der Waals surface area contributed by atoms with E-state index in [4.69, 9.17) is 4.98 Å². The zero-order valence-corrected chi connectivity index (χ0v) is 34.1. The van der Waals surface area contributed by atoms with Gasteiger partial charge in [0.05, 0.1) is 9.75 Å². The van der Waals surface area contributed by atoms with Crippen molar-refractivity contribution in [2.24, 2.45) is 0 Å². The minimum absolute atomic E-state index is 0. The van der Waals surface area contributed by atoms with E-state index in [-0.39, 0.29) is 68.9 Å². The normalized spacial score (nSPS) is 11.5. The van der Waals surface area contributed by atoms with E-state index in [9.17, 15) is 0 Å². The van der Waals surface area contributed by atoms with Crippen LogP contribution in [0.4, 0.5) is 0 Å². The zero-order valence-electron chi connectivity index (χ0n) is 23.7. The average molecular weight is 780 g/mol. The van der Waals surface area contributed by atoms with Crippen LogP contribution in [0.25, 0.3) is 71.6 Å². The fourth-order valence-electron chi connectivity index (χ4n) is 6.01. The predicted molar refractivity (Wildman–Crippen MR) is 197 cm³/mol. The molecule has 6 aromatic heterocycles. The maximum Gasteiger partial charge on any atom is 1.00 e. The Morgan fingerprint density at radius 1 is 0.444 bits per heavy atom. The molecule has 10 aromatic rings. The molecule has 45 heavy (non-hydrogen) atoms. The van der Waals surface area contributed by atoms with Gasteiger partial charge < -0.3 is 4.98 Å². The van der Waals surface area contributed by atoms with Crippen LogP contribution in [0.1, 0.15) is 20.9 Å². The Hall–Kier alpha value is -2.35. The van der Waals surface area contributed by atoms with Gasteiger partial charge >= 0.3 is 68.9 Å². The molecular formula is C38H16CsNS5. The first kappa shape index (κ1) is 28.8. The van der Waals surface area contributed by atoms with Crippen molar-refractivity contribution in [3.63, 3.8) is 0 Å². The Morgan fingerprint density at radius 3 is 1.67 bits per heavy atom. The quantitative estimate of drug-likeness (QED) is 0.141. The molecule has 4 aromatic carbocycles. The van der Waals surface area contributed by atoms with Gasteiger partial charge in [-0.15, -0.1) is 67.7 Å². The number of rotatable bonds is 0. The molecule has 0 unspecified atom stereocenters. The Bertz CT molecular complexity index is 2660. The van der Waals surface area contributed by atoms with Gasteiger partial charge in [-0.2, -0.15) is 0 Å². The van der Waals surface area contributed by atoms with Crippen LogP contribution < -0.4 is 73.9 Å². The first-order chi connectivity index (χ1) is 21.7. The summed E-state index contributed by atoms with van der Waals surface area (Å²) < 4.78 is 7.81. The molecule has 204 valence electrons. The minimum Gasteiger partial charge on any atom is -0.656 e. The molecule has 0 fully saturated rings. The number of hydrogen-bond donors (Lipinski definition) is 0. The zero-order chi connectivity index (χ0) is 28.8. The molecule has 0 atom stereocenters. The van der Waals surface area contributed by atoms with E-state index in [1.165, 1.54) is 60.5 Å². The molecule has 0 bridgehead atoms. The smallest absolute Gasteiger partial charge is 0.656 e. The van der Waals surface area contributed by atoms with Crippen molar-refractivity contribution in [2.45, 2.75) is 0 Å². The molecule has 0 saturated carbocycles. The topological polar surface area (TPSA) is 14.1 Å². The Morgan fingerprint density at radius 2 is 1.00 bits per heavy atom. The van der Waals surface area contributed by atoms with Gasteiger partial charge in [-0.05, 0) is 74.8 Å². The van der Waals surface area contributed by atoms with Crippen molar-refractivity contribution >= 4 is 128 Å². The molecule has 10 rings (SSSR count). The van der Waals surface area contributed by atoms with E-state index in [1.807, 2.05) is 11.3 Å². The molecule has 0 N–H and O–H groups in total. The van der Waals surface area contributed by atoms with Gasteiger partial charge in [0.1, 0.15) is 0 Å². The number of benzene rings is 4. The number of hydrogen-bond acceptors (Lipinski definition) is 5. The van der Waals surface area contributed by atoms with Crippen molar-refractivity contribution in [1.29, 1.82) is 0 Å². The fraction of sp³-hybridized carbons (Fsp3) is 0. The number of thiophene rings is 5. The van der Waals surface area contributed by atoms with Crippen LogP contribution in [0.15, 0.2) is 95.7 Å². The molecule has 1 nitrogen and oxygen atoms in total. The first-order valence-electron chi connectivity index (χ1n) is 14.0. The van der Waals surface area contributed by atoms with Crippen LogP contribution in [-0.2, 0) is 0 Å². The van der Waals surface area contributed by atoms with Crippen LogP contribution in [0, 0.1) is 23.7 Å². The van der Waals surface area contributed by atoms with Crippen molar-refractivity contribution < 1.29 is 68.9 Å². The van der Waals surface area contributed by atoms with Gasteiger partial charge in [0.2, 0.25) is 0 Å². The predicted octanol–water partition coefficient (Wildman–Crippen LogP) is 8.83. The largest absolute Gasteiger partial charge is 1.00 e. The molecule has 0 amide bonds. The molecule has 0 aliphatic rings. The summed E-state index contributed by atoms with van der Waals surface area (Å²) in [4.78, 5) is 7.37. The standard InChI is InChI=1S/C38H16NS5.Cs/c1(5-23-19-35-32(42-23)13-15-40-35)21-3-7-25-27-9-12-30-28(37(27)39-31(25)17-21)10-11-29-26-8-4-22(18-34(26)44-38(29)30)2-6-24-20-36-33(43-24)14-16-41-36;/h3-4,7-20H;/q-1;+1. The Labute approximate surface area is 336 Å². The van der Waals surface area contributed by atoms with Crippen LogP contribution in [0.2, 0.25) is 0 Å². The molecule has 0 radical (unpaired) electrons. The van der Waals surface area contributed by atoms with Gasteiger partial charge in [-0.25, -0.2) is 0 Å². The third-order valence-corrected chi connectivity index (χ3v) is 13.3. The van der Waals surface area contributed by atoms with E-state index < -0.39 is 0 Å². The van der Waals surface area contributed by atoms with Crippen LogP contribution in [0.3, 0.4) is 0 Å². The first-order valence-corrected chi connectivity index (χ1v) is 18.2. The minimum atomic E-state index is 0. The third kappa shape index (κ3) is 4.90. The summed E-state index contributed by atoms with van der Waals surface area (Å²) in [6.07, 6.45) is 0. The second-order valence-corrected chi connectivity index (χ2v) is 15.8. The SMILES string of the molecule is C(#Cc1cc2sccc2s1)c1ccc2c(c1)[n-]c1c2ccc2c1ccc1c3ccc(C#Cc4cc5sccc5s4)cc3sc12.[Cs+]. The van der Waals surface area contributed by atoms with Gasteiger partial charge in [-0.1, -0.05) is 66.1 Å². The Balaban J connectivity index is 0.00000281. The van der Waals surface area contributed by atoms with E-state index in [0.29, 0.717) is 0 Å². The number of aromatic nitrogens is 1. The van der Waals surface area contributed by atoms with E-state index in [0.717, 1.165) is 31.9 Å². The van der Waals surface area contributed by atoms with Crippen LogP contribution in [0.5, 0.6) is 0 Å². The average Bonchev–Trinajstić information content (AvgIpc) is 3.87. The molecule has 7 heteroatoms. The summed E-state index contributed by atoms with van der Waals surface area (Å²) in [6, 6.07) is 30.8. The Kier molecular flexibility index (Phi) is 7.32. The number of nitrogens with zero attached hydrogens (tertiary/aromatic N) is 1. The van der Waals surface area contributed by atoms with Crippen LogP contribution >= 0.6 is 56.7 Å². The van der Waals surface area contributed by atoms with Crippen molar-refractivity contribution in [2.75, 3.05) is 0 Å². The van der Waals surface area contributed by atoms with Gasteiger partial charge in [-0.3, -0.25) is 0 Å². The molecule has 0 saturated heterocycles. The molecule has 0 aliphatic carbocycles. The summed E-state index contributed by atoms with van der Waals surface area (Å²) in [5.41, 5.74) is 4.10. The maximum absolute atomic E-state index is 5.15. The third-order valence-electron chi connectivity index (χ3n) is 8.07. The summed E-state index contributed by atoms with van der Waals surface area (Å²) in [7, 11) is 0. The van der Waals surface area contributed by atoms with Gasteiger partial charge in [0.25, 0.3) is 0 Å². The van der Waals surface area contributed by atoms with Crippen molar-refractivity contribution in [1.82, 2.24) is 4.98 Å². The molecule has 6 heterocycles. The van der Waals surface area contributed by atoms with E-state index >= 15 is 0 Å². The molecular weight excluding hydrogens is 764 g/mol. The van der Waals surface area contributed by atoms with Crippen molar-refractivity contribution in [3.8, 4) is 23.7 Å². The van der Waals surface area contributed by atoms with Crippen LogP contribution in [-0.4, -0.2) is 0 Å². The van der Waals surface area contributed by atoms with E-state index in [2.05, 4.69) is 119 Å². The second kappa shape index (κ2) is 11.4. The van der Waals surface area contributed by atoms with Gasteiger partial charge in [0.15, 0.2) is 0 Å². The fourth-order valence-corrected chi connectivity index (χ4v) is 11.2. The van der Waals surface area contributed by atoms with Gasteiger partial charge in [0, 0.05) is 50.1 Å². The summed E-state index contributed by atoms with van der Waals surface area (Å²) in [6.45, 7) is 0. The number of fused-ring (bicyclic) bond motifs is 11. The monoisotopic (exact) mass is 779 g/mol. The van der Waals surface area contributed by atoms with E-state index in [1.54, 1.807) is 45.3 Å². The maximum atomic E-state index is 5.15. The molecule has 0 aliphatic heterocycles.